The molecule has 3 aromatic carbocycles. The Labute approximate surface area is 339 Å². The summed E-state index contributed by atoms with van der Waals surface area (Å²) in [5.41, 5.74) is 2.52. The molecule has 2 saturated heterocycles. The molecule has 0 radical (unpaired) electrons. The molecule has 10 rings (SSSR count). The van der Waals surface area contributed by atoms with E-state index in [9.17, 15) is 29.6 Å². The highest BCUT2D eigenvalue weighted by Gasteiger charge is 2.68. The zero-order valence-electron chi connectivity index (χ0n) is 31.3. The molecule has 1 N–H and O–H groups in total. The third kappa shape index (κ3) is 5.03. The molecule has 292 valence electrons. The van der Waals surface area contributed by atoms with Gasteiger partial charge in [0.2, 0.25) is 23.6 Å². The van der Waals surface area contributed by atoms with Crippen molar-refractivity contribution >= 4 is 73.8 Å². The van der Waals surface area contributed by atoms with Gasteiger partial charge in [0.1, 0.15) is 23.0 Å². The number of ether oxygens (including phenoxy) is 1. The SMILES string of the molecule is Cc1c(-c2cc(N3C(=O)C4CC5C(=CCC6C(=O)N(c7ccc([N+](=O)[O-])cc7)C(=O)C65)C(C5=COc6ccc(O)cc6C5)C4(C)C3=O)n(C)n2)sc2ccc(Cl)cc12. The van der Waals surface area contributed by atoms with E-state index in [0.717, 1.165) is 31.0 Å². The zero-order chi connectivity index (χ0) is 40.5. The smallest absolute Gasteiger partial charge is 0.269 e. The number of aromatic nitrogens is 2. The van der Waals surface area contributed by atoms with E-state index in [4.69, 9.17) is 21.4 Å². The highest BCUT2D eigenvalue weighted by Crippen LogP contribution is 2.63. The summed E-state index contributed by atoms with van der Waals surface area (Å²) < 4.78 is 8.69. The number of carbonyl (C=O) groups is 4. The van der Waals surface area contributed by atoms with Crippen molar-refractivity contribution < 1.29 is 33.9 Å². The number of non-ortho nitro benzene ring substituents is 1. The summed E-state index contributed by atoms with van der Waals surface area (Å²) in [6, 6.07) is 17.6. The molecule has 1 saturated carbocycles. The standard InChI is InChI=1S/C43H34ClN5O8S/c1-20-29-16-23(44)4-13-34(29)58-38(20)32-18-35(46(3)45-32)48-40(52)31-17-30-27(37(43(31,2)42(48)54)22-14-21-15-26(50)9-12-33(21)57-19-22)10-11-28-36(30)41(53)47(39(28)51)24-5-7-25(8-6-24)49(55)56/h4-10,12-13,15-16,18-19,28,30-31,36-37,50H,11,14,17H2,1-3H3. The normalized spacial score (nSPS) is 26.2. The average Bonchev–Trinajstić information content (AvgIpc) is 3.87. The molecule has 3 aliphatic heterocycles. The molecule has 3 fully saturated rings. The highest BCUT2D eigenvalue weighted by atomic mass is 35.5. The number of anilines is 2. The van der Waals surface area contributed by atoms with Gasteiger partial charge in [-0.1, -0.05) is 23.3 Å². The Morgan fingerprint density at radius 3 is 2.52 bits per heavy atom. The Morgan fingerprint density at radius 1 is 0.983 bits per heavy atom. The van der Waals surface area contributed by atoms with Crippen LogP contribution in [0, 0.1) is 52.0 Å². The first-order valence-electron chi connectivity index (χ1n) is 18.9. The van der Waals surface area contributed by atoms with E-state index >= 15 is 4.79 Å². The molecule has 2 aromatic heterocycles. The van der Waals surface area contributed by atoms with Gasteiger partial charge in [0.25, 0.3) is 5.69 Å². The quantitative estimate of drug-likeness (QED) is 0.0812. The number of rotatable bonds is 5. The van der Waals surface area contributed by atoms with Crippen molar-refractivity contribution in [3.05, 3.63) is 116 Å². The number of thiophene rings is 1. The topological polar surface area (TPSA) is 165 Å². The molecule has 5 aromatic rings. The van der Waals surface area contributed by atoms with Gasteiger partial charge in [0.15, 0.2) is 0 Å². The number of benzene rings is 3. The fourth-order valence-electron chi connectivity index (χ4n) is 10.3. The van der Waals surface area contributed by atoms with Crippen LogP contribution in [-0.2, 0) is 32.6 Å². The second kappa shape index (κ2) is 12.7. The number of aromatic hydroxyl groups is 1. The number of hydrogen-bond donors (Lipinski definition) is 1. The summed E-state index contributed by atoms with van der Waals surface area (Å²) in [6.45, 7) is 3.80. The summed E-state index contributed by atoms with van der Waals surface area (Å²) in [5, 5.41) is 28.2. The van der Waals surface area contributed by atoms with Crippen molar-refractivity contribution in [2.45, 2.75) is 33.1 Å². The van der Waals surface area contributed by atoms with Gasteiger partial charge >= 0.3 is 0 Å². The van der Waals surface area contributed by atoms with Gasteiger partial charge in [-0.3, -0.25) is 38.9 Å². The van der Waals surface area contributed by atoms with Crippen LogP contribution in [0.1, 0.15) is 30.9 Å². The van der Waals surface area contributed by atoms with E-state index in [2.05, 4.69) is 0 Å². The molecule has 6 atom stereocenters. The van der Waals surface area contributed by atoms with Crippen molar-refractivity contribution in [1.82, 2.24) is 9.78 Å². The Balaban J connectivity index is 1.07. The molecule has 0 spiro atoms. The predicted octanol–water partition coefficient (Wildman–Crippen LogP) is 7.66. The van der Waals surface area contributed by atoms with Gasteiger partial charge in [-0.15, -0.1) is 11.3 Å². The van der Waals surface area contributed by atoms with Gasteiger partial charge in [-0.2, -0.15) is 5.10 Å². The molecule has 6 unspecified atom stereocenters. The summed E-state index contributed by atoms with van der Waals surface area (Å²) in [6.07, 6.45) is 4.25. The molecule has 5 aliphatic rings. The summed E-state index contributed by atoms with van der Waals surface area (Å²) in [7, 11) is 1.70. The minimum atomic E-state index is -1.33. The number of imide groups is 2. The lowest BCUT2D eigenvalue weighted by molar-refractivity contribution is -0.384. The van der Waals surface area contributed by atoms with Crippen LogP contribution < -0.4 is 14.5 Å². The zero-order valence-corrected chi connectivity index (χ0v) is 32.9. The van der Waals surface area contributed by atoms with Gasteiger partial charge < -0.3 is 9.84 Å². The Morgan fingerprint density at radius 2 is 1.76 bits per heavy atom. The summed E-state index contributed by atoms with van der Waals surface area (Å²) in [4.78, 5) is 72.8. The van der Waals surface area contributed by atoms with Crippen molar-refractivity contribution in [2.24, 2.45) is 42.1 Å². The molecule has 15 heteroatoms. The second-order valence-corrected chi connectivity index (χ2v) is 17.4. The molecule has 5 heterocycles. The van der Waals surface area contributed by atoms with E-state index in [0.29, 0.717) is 39.8 Å². The molecule has 2 aliphatic carbocycles. The third-order valence-electron chi connectivity index (χ3n) is 13.0. The number of nitrogens with zero attached hydrogens (tertiary/aromatic N) is 5. The highest BCUT2D eigenvalue weighted by molar-refractivity contribution is 7.22. The van der Waals surface area contributed by atoms with Crippen molar-refractivity contribution in [3.63, 3.8) is 0 Å². The van der Waals surface area contributed by atoms with Gasteiger partial charge in [0.05, 0.1) is 44.9 Å². The fourth-order valence-corrected chi connectivity index (χ4v) is 11.6. The number of nitro groups is 1. The van der Waals surface area contributed by atoms with Gasteiger partial charge in [0, 0.05) is 52.9 Å². The number of phenols is 1. The van der Waals surface area contributed by atoms with Gasteiger partial charge in [-0.25, -0.2) is 4.90 Å². The number of allylic oxidation sites excluding steroid dienone is 3. The maximum Gasteiger partial charge on any atom is 0.269 e. The Kier molecular flexibility index (Phi) is 7.93. The van der Waals surface area contributed by atoms with Crippen LogP contribution in [0.2, 0.25) is 5.02 Å². The van der Waals surface area contributed by atoms with Crippen LogP contribution in [0.15, 0.2) is 90.2 Å². The minimum Gasteiger partial charge on any atom is -0.508 e. The number of amides is 4. The maximum atomic E-state index is 15.2. The van der Waals surface area contributed by atoms with Crippen LogP contribution >= 0.6 is 22.9 Å². The van der Waals surface area contributed by atoms with Crippen molar-refractivity contribution in [3.8, 4) is 22.1 Å². The van der Waals surface area contributed by atoms with E-state index < -0.39 is 63.6 Å². The van der Waals surface area contributed by atoms with Crippen molar-refractivity contribution in [1.29, 1.82) is 0 Å². The Bertz CT molecular complexity index is 2770. The lowest BCUT2D eigenvalue weighted by Crippen LogP contribution is -2.51. The molecule has 58 heavy (non-hydrogen) atoms. The third-order valence-corrected chi connectivity index (χ3v) is 14.5. The van der Waals surface area contributed by atoms with Crippen molar-refractivity contribution in [2.75, 3.05) is 9.80 Å². The first-order chi connectivity index (χ1) is 27.8. The van der Waals surface area contributed by atoms with E-state index in [1.807, 2.05) is 38.1 Å². The molecular formula is C43H34ClN5O8S. The first-order valence-corrected chi connectivity index (χ1v) is 20.1. The van der Waals surface area contributed by atoms with Crippen LogP contribution in [0.4, 0.5) is 17.2 Å². The fraction of sp³-hybridized carbons (Fsp3) is 0.279. The second-order valence-electron chi connectivity index (χ2n) is 15.9. The van der Waals surface area contributed by atoms with Gasteiger partial charge in [-0.05, 0) is 97.7 Å². The molecule has 13 nitrogen and oxygen atoms in total. The number of nitro benzene ring substituents is 1. The number of hydrogen-bond acceptors (Lipinski definition) is 10. The van der Waals surface area contributed by atoms with Crippen LogP contribution in [0.25, 0.3) is 20.7 Å². The molecule has 0 bridgehead atoms. The number of phenolic OH excluding ortho intramolecular Hbond substituents is 1. The van der Waals surface area contributed by atoms with E-state index in [1.165, 1.54) is 35.2 Å². The largest absolute Gasteiger partial charge is 0.508 e. The van der Waals surface area contributed by atoms with Crippen LogP contribution in [0.5, 0.6) is 11.5 Å². The lowest BCUT2D eigenvalue weighted by atomic mass is 9.51. The summed E-state index contributed by atoms with van der Waals surface area (Å²) >= 11 is 7.87. The lowest BCUT2D eigenvalue weighted by Gasteiger charge is -2.49. The Hall–Kier alpha value is -6.12. The number of fused-ring (bicyclic) bond motifs is 6. The van der Waals surface area contributed by atoms with E-state index in [-0.39, 0.29) is 30.0 Å². The van der Waals surface area contributed by atoms with E-state index in [1.54, 1.807) is 47.5 Å². The van der Waals surface area contributed by atoms with Crippen LogP contribution in [0.3, 0.4) is 0 Å². The number of aryl methyl sites for hydroxylation is 2. The minimum absolute atomic E-state index is 0.0533. The first kappa shape index (κ1) is 36.2. The number of halogens is 1. The monoisotopic (exact) mass is 815 g/mol. The number of carbonyl (C=O) groups excluding carboxylic acids is 4. The molecule has 4 amide bonds. The average molecular weight is 816 g/mol. The molecular weight excluding hydrogens is 782 g/mol. The predicted molar refractivity (Wildman–Crippen MR) is 215 cm³/mol. The maximum absolute atomic E-state index is 15.2. The van der Waals surface area contributed by atoms with Crippen LogP contribution in [-0.4, -0.2) is 43.4 Å². The summed E-state index contributed by atoms with van der Waals surface area (Å²) in [5.74, 6) is -4.50.